The Labute approximate surface area is 156 Å². The Morgan fingerprint density at radius 2 is 1.11 bits per heavy atom. The molecule has 0 fully saturated rings. The van der Waals surface area contributed by atoms with Crippen LogP contribution in [0.5, 0.6) is 0 Å². The van der Waals surface area contributed by atoms with Gasteiger partial charge in [0.25, 0.3) is 0 Å². The molecule has 4 heterocycles. The maximum atomic E-state index is 14.9. The maximum Gasteiger partial charge on any atom is 0.235 e. The zero-order chi connectivity index (χ0) is 18.0. The van der Waals surface area contributed by atoms with Crippen LogP contribution in [0.2, 0.25) is 0 Å². The number of aromatic nitrogens is 2. The highest BCUT2D eigenvalue weighted by Crippen LogP contribution is 2.65. The van der Waals surface area contributed by atoms with E-state index < -0.39 is 7.29 Å². The van der Waals surface area contributed by atoms with Gasteiger partial charge in [0, 0.05) is 46.5 Å². The third-order valence-electron chi connectivity index (χ3n) is 5.38. The fourth-order valence-electron chi connectivity index (χ4n) is 4.27. The van der Waals surface area contributed by atoms with Crippen LogP contribution in [0, 0.1) is 0 Å². The summed E-state index contributed by atoms with van der Waals surface area (Å²) in [6, 6.07) is 19.9. The Balaban J connectivity index is 1.84. The number of pyridine rings is 2. The molecule has 2 aliphatic heterocycles. The van der Waals surface area contributed by atoms with Crippen molar-refractivity contribution in [3.05, 3.63) is 85.5 Å². The van der Waals surface area contributed by atoms with E-state index in [-0.39, 0.29) is 0 Å². The van der Waals surface area contributed by atoms with Crippen molar-refractivity contribution in [1.82, 2.24) is 9.97 Å². The van der Waals surface area contributed by atoms with Gasteiger partial charge in [0.05, 0.1) is 11.4 Å². The minimum atomic E-state index is -3.08. The van der Waals surface area contributed by atoms with E-state index in [1.807, 2.05) is 77.7 Å². The quantitative estimate of drug-likeness (QED) is 0.429. The lowest BCUT2D eigenvalue weighted by Gasteiger charge is -2.44. The van der Waals surface area contributed by atoms with E-state index in [0.29, 0.717) is 0 Å². The molecule has 2 aliphatic rings. The van der Waals surface area contributed by atoms with Crippen molar-refractivity contribution in [2.45, 2.75) is 0 Å². The number of hydrogen-bond acceptors (Lipinski definition) is 3. The van der Waals surface area contributed by atoms with Crippen molar-refractivity contribution in [1.29, 1.82) is 0 Å². The Morgan fingerprint density at radius 3 is 1.63 bits per heavy atom. The van der Waals surface area contributed by atoms with Crippen LogP contribution in [0.1, 0.15) is 0 Å². The predicted molar refractivity (Wildman–Crippen MR) is 108 cm³/mol. The molecule has 0 N–H and O–H groups in total. The Morgan fingerprint density at radius 1 is 0.630 bits per heavy atom. The van der Waals surface area contributed by atoms with Gasteiger partial charge in [-0.15, -0.1) is 0 Å². The molecule has 0 aliphatic carbocycles. The molecule has 0 bridgehead atoms. The van der Waals surface area contributed by atoms with Gasteiger partial charge in [-0.1, -0.05) is 36.4 Å². The summed E-state index contributed by atoms with van der Waals surface area (Å²) in [4.78, 5) is 8.66. The highest BCUT2D eigenvalue weighted by Gasteiger charge is 2.47. The molecule has 27 heavy (non-hydrogen) atoms. The third-order valence-corrected chi connectivity index (χ3v) is 8.46. The Bertz CT molecular complexity index is 1190. The monoisotopic (exact) mass is 367 g/mol. The molecule has 0 saturated heterocycles. The van der Waals surface area contributed by atoms with Gasteiger partial charge in [0.1, 0.15) is 0 Å². The van der Waals surface area contributed by atoms with Crippen LogP contribution in [0.4, 0.5) is 11.4 Å². The van der Waals surface area contributed by atoms with Crippen LogP contribution in [-0.2, 0) is 4.57 Å². The van der Waals surface area contributed by atoms with Gasteiger partial charge >= 0.3 is 0 Å². The minimum absolute atomic E-state index is 0.861. The number of benzene rings is 2. The first-order valence-electron chi connectivity index (χ1n) is 8.79. The van der Waals surface area contributed by atoms with Crippen LogP contribution in [0.15, 0.2) is 85.5 Å². The summed E-state index contributed by atoms with van der Waals surface area (Å²) >= 11 is 0. The summed E-state index contributed by atoms with van der Waals surface area (Å²) in [6.45, 7) is 0. The van der Waals surface area contributed by atoms with Gasteiger partial charge < -0.3 is 0 Å². The summed E-state index contributed by atoms with van der Waals surface area (Å²) < 4.78 is 16.9. The highest BCUT2D eigenvalue weighted by atomic mass is 31.2. The second kappa shape index (κ2) is 5.15. The Kier molecular flexibility index (Phi) is 2.84. The van der Waals surface area contributed by atoms with Gasteiger partial charge in [0.2, 0.25) is 7.29 Å². The molecule has 2 aromatic heterocycles. The van der Waals surface area contributed by atoms with Gasteiger partial charge in [-0.25, -0.2) is 0 Å². The van der Waals surface area contributed by atoms with Crippen molar-refractivity contribution in [2.24, 2.45) is 0 Å². The minimum Gasteiger partial charge on any atom is -0.289 e. The van der Waals surface area contributed by atoms with Crippen LogP contribution in [0.25, 0.3) is 22.3 Å². The van der Waals surface area contributed by atoms with Crippen LogP contribution >= 0.6 is 7.29 Å². The fourth-order valence-corrected chi connectivity index (χ4v) is 7.53. The number of rotatable bonds is 0. The molecule has 0 unspecified atom stereocenters. The molecule has 4 nitrogen and oxygen atoms in total. The van der Waals surface area contributed by atoms with Crippen LogP contribution < -0.4 is 15.3 Å². The lowest BCUT2D eigenvalue weighted by Crippen LogP contribution is -2.37. The number of anilines is 2. The normalized spacial score (nSPS) is 15.0. The summed E-state index contributed by atoms with van der Waals surface area (Å²) in [5, 5.41) is 1.72. The molecule has 0 spiro atoms. The summed E-state index contributed by atoms with van der Waals surface area (Å²) in [7, 11) is -3.08. The second-order valence-electron chi connectivity index (χ2n) is 6.71. The molecule has 0 atom stereocenters. The van der Waals surface area contributed by atoms with Crippen molar-refractivity contribution in [3.8, 4) is 22.3 Å². The first kappa shape index (κ1) is 14.9. The zero-order valence-corrected chi connectivity index (χ0v) is 15.2. The molecule has 5 heteroatoms. The Hall–Kier alpha value is -3.23. The topological polar surface area (TPSA) is 46.1 Å². The molecular formula is C22H14N3OP. The van der Waals surface area contributed by atoms with Crippen LogP contribution in [-0.4, -0.2) is 9.97 Å². The molecule has 0 saturated carbocycles. The number of fused-ring (bicyclic) bond motifs is 11. The molecule has 0 amide bonds. The van der Waals surface area contributed by atoms with E-state index in [1.165, 1.54) is 0 Å². The predicted octanol–water partition coefficient (Wildman–Crippen LogP) is 4.50. The SMILES string of the molecule is O=P12c3ccccc3-c3cnccc3N1c1ccncc1-c1ccccc12. The second-order valence-corrected chi connectivity index (χ2v) is 9.22. The van der Waals surface area contributed by atoms with E-state index in [4.69, 9.17) is 0 Å². The largest absolute Gasteiger partial charge is 0.289 e. The van der Waals surface area contributed by atoms with Gasteiger partial charge in [0.15, 0.2) is 0 Å². The molecule has 4 aromatic rings. The summed E-state index contributed by atoms with van der Waals surface area (Å²) in [5.41, 5.74) is 5.84. The first-order valence-corrected chi connectivity index (χ1v) is 10.4. The smallest absolute Gasteiger partial charge is 0.235 e. The highest BCUT2D eigenvalue weighted by molar-refractivity contribution is 7.81. The van der Waals surface area contributed by atoms with Gasteiger partial charge in [-0.05, 0) is 35.4 Å². The molecule has 6 rings (SSSR count). The third kappa shape index (κ3) is 1.76. The molecule has 0 radical (unpaired) electrons. The first-order chi connectivity index (χ1) is 13.3. The number of hydrogen-bond donors (Lipinski definition) is 0. The summed E-state index contributed by atoms with van der Waals surface area (Å²) in [5.74, 6) is 0. The van der Waals surface area contributed by atoms with Gasteiger partial charge in [-0.3, -0.25) is 19.2 Å². The molecular weight excluding hydrogens is 353 g/mol. The van der Waals surface area contributed by atoms with Crippen LogP contribution in [0.3, 0.4) is 0 Å². The van der Waals surface area contributed by atoms with Crippen molar-refractivity contribution >= 4 is 29.3 Å². The average Bonchev–Trinajstić information content (AvgIpc) is 2.74. The van der Waals surface area contributed by atoms with E-state index in [1.54, 1.807) is 12.4 Å². The fraction of sp³-hybridized carbons (Fsp3) is 0. The molecule has 128 valence electrons. The van der Waals surface area contributed by atoms with Crippen molar-refractivity contribution < 1.29 is 4.57 Å². The van der Waals surface area contributed by atoms with E-state index >= 15 is 0 Å². The standard InChI is InChI=1S/C22H14N3OP/c26-27-21-7-3-1-5-15(21)17-13-23-11-9-19(17)25(27)20-10-12-24-14-18(20)16-6-2-4-8-22(16)27/h1-14H. The van der Waals surface area contributed by atoms with Gasteiger partial charge in [-0.2, -0.15) is 0 Å². The maximum absolute atomic E-state index is 14.9. The number of nitrogens with zero attached hydrogens (tertiary/aromatic N) is 3. The van der Waals surface area contributed by atoms with E-state index in [2.05, 4.69) is 9.97 Å². The molecule has 2 aromatic carbocycles. The lowest BCUT2D eigenvalue weighted by molar-refractivity contribution is 0.586. The summed E-state index contributed by atoms with van der Waals surface area (Å²) in [6.07, 6.45) is 7.25. The van der Waals surface area contributed by atoms with Crippen molar-refractivity contribution in [2.75, 3.05) is 4.67 Å². The van der Waals surface area contributed by atoms with E-state index in [0.717, 1.165) is 44.2 Å². The average molecular weight is 367 g/mol. The van der Waals surface area contributed by atoms with E-state index in [9.17, 15) is 4.57 Å². The zero-order valence-electron chi connectivity index (χ0n) is 14.3. The van der Waals surface area contributed by atoms with Crippen molar-refractivity contribution in [3.63, 3.8) is 0 Å². The lowest BCUT2D eigenvalue weighted by atomic mass is 10.0.